The minimum atomic E-state index is -5.28. The number of carbonyl (C=O) groups is 3. The van der Waals surface area contributed by atoms with Crippen molar-refractivity contribution in [2.75, 3.05) is 19.1 Å². The number of hydrogen-bond acceptors (Lipinski definition) is 5. The van der Waals surface area contributed by atoms with Crippen molar-refractivity contribution >= 4 is 23.8 Å². The highest BCUT2D eigenvalue weighted by Crippen LogP contribution is 2.37. The number of amides is 3. The Kier molecular flexibility index (Phi) is 6.62. The Bertz CT molecular complexity index is 789. The van der Waals surface area contributed by atoms with Crippen LogP contribution < -0.4 is 4.90 Å². The first kappa shape index (κ1) is 23.1. The first-order valence-corrected chi connectivity index (χ1v) is 7.59. The molecule has 28 heavy (non-hydrogen) atoms. The molecule has 1 rings (SSSR count). The third-order valence-electron chi connectivity index (χ3n) is 3.17. The van der Waals surface area contributed by atoms with Gasteiger partial charge in [0.15, 0.2) is 5.82 Å². The third-order valence-corrected chi connectivity index (χ3v) is 3.17. The Balaban J connectivity index is 3.72. The first-order chi connectivity index (χ1) is 12.6. The molecule has 3 amide bonds. The van der Waals surface area contributed by atoms with Crippen LogP contribution in [0.2, 0.25) is 0 Å². The number of imide groups is 1. The summed E-state index contributed by atoms with van der Waals surface area (Å²) in [5.41, 5.74) is -5.24. The Labute approximate surface area is 157 Å². The van der Waals surface area contributed by atoms with E-state index in [4.69, 9.17) is 4.74 Å². The van der Waals surface area contributed by atoms with E-state index in [-0.39, 0.29) is 11.0 Å². The fourth-order valence-corrected chi connectivity index (χ4v) is 1.95. The van der Waals surface area contributed by atoms with Crippen LogP contribution >= 0.6 is 0 Å². The average Bonchev–Trinajstić information content (AvgIpc) is 2.51. The molecule has 0 aromatic heterocycles. The molecule has 0 aliphatic carbocycles. The molecular formula is C16H18F4N2O6. The lowest BCUT2D eigenvalue weighted by atomic mass is 10.1. The lowest BCUT2D eigenvalue weighted by Gasteiger charge is -2.26. The molecule has 0 aliphatic heterocycles. The molecule has 0 radical (unpaired) electrons. The van der Waals surface area contributed by atoms with Crippen molar-refractivity contribution in [3.63, 3.8) is 0 Å². The molecule has 1 N–H and O–H groups in total. The minimum Gasteiger partial charge on any atom is -0.464 e. The maximum absolute atomic E-state index is 14.5. The summed E-state index contributed by atoms with van der Waals surface area (Å²) in [6, 6.07) is 0.673. The fraction of sp³-hybridized carbons (Fsp3) is 0.438. The maximum Gasteiger partial charge on any atom is 0.424 e. The smallest absolute Gasteiger partial charge is 0.424 e. The minimum absolute atomic E-state index is 0.186. The molecular weight excluding hydrogens is 392 g/mol. The van der Waals surface area contributed by atoms with Crippen LogP contribution in [0.25, 0.3) is 0 Å². The number of carbonyl (C=O) groups excluding carboxylic acids is 2. The Morgan fingerprint density at radius 1 is 1.11 bits per heavy atom. The highest BCUT2D eigenvalue weighted by Gasteiger charge is 2.40. The van der Waals surface area contributed by atoms with Gasteiger partial charge in [-0.2, -0.15) is 18.1 Å². The number of carboxylic acid groups (broad SMARTS) is 1. The molecule has 0 bridgehead atoms. The van der Waals surface area contributed by atoms with Gasteiger partial charge in [-0.3, -0.25) is 9.63 Å². The normalized spacial score (nSPS) is 11.8. The van der Waals surface area contributed by atoms with Gasteiger partial charge >= 0.3 is 18.4 Å². The number of benzene rings is 1. The summed E-state index contributed by atoms with van der Waals surface area (Å²) in [6.45, 7) is 4.11. The molecule has 156 valence electrons. The second kappa shape index (κ2) is 8.00. The standard InChI is InChI=1S/C16H18F4N2O6/c1-15(2,3)28-14(26)22(13(24)25)10-7-8(12(23)21(4)27-5)6-9(11(10)17)16(18,19)20/h6-7H,1-5H3,(H,24,25). The maximum atomic E-state index is 14.5. The van der Waals surface area contributed by atoms with Crippen molar-refractivity contribution in [1.82, 2.24) is 5.06 Å². The van der Waals surface area contributed by atoms with Gasteiger partial charge < -0.3 is 9.84 Å². The van der Waals surface area contributed by atoms with Crippen LogP contribution in [0.5, 0.6) is 0 Å². The van der Waals surface area contributed by atoms with Crippen LogP contribution in [-0.4, -0.2) is 48.0 Å². The molecule has 0 saturated carbocycles. The summed E-state index contributed by atoms with van der Waals surface area (Å²) in [4.78, 5) is 40.0. The van der Waals surface area contributed by atoms with E-state index < -0.39 is 52.5 Å². The van der Waals surface area contributed by atoms with Gasteiger partial charge in [-0.1, -0.05) is 0 Å². The fourth-order valence-electron chi connectivity index (χ4n) is 1.95. The van der Waals surface area contributed by atoms with Crippen molar-refractivity contribution in [3.05, 3.63) is 29.1 Å². The number of anilines is 1. The summed E-state index contributed by atoms with van der Waals surface area (Å²) < 4.78 is 59.0. The van der Waals surface area contributed by atoms with Crippen LogP contribution in [0, 0.1) is 5.82 Å². The SMILES string of the molecule is CON(C)C(=O)c1cc(N(C(=O)O)C(=O)OC(C)(C)C)c(F)c(C(F)(F)F)c1. The second-order valence-corrected chi connectivity index (χ2v) is 6.44. The predicted molar refractivity (Wildman–Crippen MR) is 87.2 cm³/mol. The number of rotatable bonds is 3. The van der Waals surface area contributed by atoms with Crippen LogP contribution in [0.15, 0.2) is 12.1 Å². The summed E-state index contributed by atoms with van der Waals surface area (Å²) in [6.07, 6.45) is -9.03. The van der Waals surface area contributed by atoms with E-state index in [1.165, 1.54) is 20.8 Å². The van der Waals surface area contributed by atoms with Crippen molar-refractivity contribution in [3.8, 4) is 0 Å². The van der Waals surface area contributed by atoms with E-state index in [0.717, 1.165) is 14.2 Å². The molecule has 12 heteroatoms. The lowest BCUT2D eigenvalue weighted by molar-refractivity contribution is -0.140. The van der Waals surface area contributed by atoms with Crippen LogP contribution in [0.1, 0.15) is 36.7 Å². The summed E-state index contributed by atoms with van der Waals surface area (Å²) in [5.74, 6) is -3.19. The van der Waals surface area contributed by atoms with Crippen molar-refractivity contribution < 1.29 is 46.6 Å². The predicted octanol–water partition coefficient (Wildman–Crippen LogP) is 3.90. The highest BCUT2D eigenvalue weighted by atomic mass is 19.4. The third kappa shape index (κ3) is 5.31. The molecule has 8 nitrogen and oxygen atoms in total. The second-order valence-electron chi connectivity index (χ2n) is 6.44. The van der Waals surface area contributed by atoms with E-state index in [0.29, 0.717) is 11.1 Å². The topological polar surface area (TPSA) is 96.4 Å². The molecule has 0 saturated heterocycles. The first-order valence-electron chi connectivity index (χ1n) is 7.59. The zero-order chi connectivity index (χ0) is 22.0. The molecule has 0 heterocycles. The lowest BCUT2D eigenvalue weighted by Crippen LogP contribution is -2.41. The van der Waals surface area contributed by atoms with Gasteiger partial charge in [-0.15, -0.1) is 0 Å². The molecule has 0 aliphatic rings. The summed E-state index contributed by atoms with van der Waals surface area (Å²) >= 11 is 0. The van der Waals surface area contributed by atoms with E-state index in [2.05, 4.69) is 4.84 Å². The monoisotopic (exact) mass is 410 g/mol. The number of nitrogens with zero attached hydrogens (tertiary/aromatic N) is 2. The molecule has 1 aromatic carbocycles. The van der Waals surface area contributed by atoms with Gasteiger partial charge in [0.2, 0.25) is 0 Å². The zero-order valence-corrected chi connectivity index (χ0v) is 15.5. The van der Waals surface area contributed by atoms with Crippen LogP contribution in [0.3, 0.4) is 0 Å². The van der Waals surface area contributed by atoms with Crippen LogP contribution in [-0.2, 0) is 15.8 Å². The molecule has 0 spiro atoms. The quantitative estimate of drug-likeness (QED) is 0.600. The van der Waals surface area contributed by atoms with E-state index in [1.807, 2.05) is 0 Å². The van der Waals surface area contributed by atoms with Gasteiger partial charge in [0.05, 0.1) is 18.4 Å². The molecule has 0 atom stereocenters. The average molecular weight is 410 g/mol. The van der Waals surface area contributed by atoms with Gasteiger partial charge in [-0.25, -0.2) is 19.0 Å². The molecule has 0 unspecified atom stereocenters. The Morgan fingerprint density at radius 2 is 1.64 bits per heavy atom. The summed E-state index contributed by atoms with van der Waals surface area (Å²) in [7, 11) is 2.12. The number of ether oxygens (including phenoxy) is 1. The van der Waals surface area contributed by atoms with Crippen molar-refractivity contribution in [2.24, 2.45) is 0 Å². The molecule has 1 aromatic rings. The van der Waals surface area contributed by atoms with E-state index in [1.54, 1.807) is 0 Å². The number of hydroxylamine groups is 2. The molecule has 0 fully saturated rings. The van der Waals surface area contributed by atoms with Gasteiger partial charge in [0.1, 0.15) is 5.60 Å². The zero-order valence-electron chi connectivity index (χ0n) is 15.5. The van der Waals surface area contributed by atoms with E-state index in [9.17, 15) is 37.1 Å². The van der Waals surface area contributed by atoms with Crippen molar-refractivity contribution in [1.29, 1.82) is 0 Å². The Morgan fingerprint density at radius 3 is 2.04 bits per heavy atom. The van der Waals surface area contributed by atoms with E-state index >= 15 is 0 Å². The highest BCUT2D eigenvalue weighted by molar-refractivity contribution is 6.09. The number of hydrogen-bond donors (Lipinski definition) is 1. The Hall–Kier alpha value is -2.89. The van der Waals surface area contributed by atoms with Gasteiger partial charge in [0, 0.05) is 12.6 Å². The van der Waals surface area contributed by atoms with Crippen molar-refractivity contribution in [2.45, 2.75) is 32.5 Å². The number of alkyl halides is 3. The van der Waals surface area contributed by atoms with Crippen LogP contribution in [0.4, 0.5) is 32.8 Å². The van der Waals surface area contributed by atoms with Gasteiger partial charge in [-0.05, 0) is 32.9 Å². The number of halogens is 4. The summed E-state index contributed by atoms with van der Waals surface area (Å²) in [5, 5.41) is 9.79. The largest absolute Gasteiger partial charge is 0.464 e. The van der Waals surface area contributed by atoms with Gasteiger partial charge in [0.25, 0.3) is 5.91 Å².